The van der Waals surface area contributed by atoms with Crippen molar-refractivity contribution >= 4 is 17.2 Å². The molecule has 0 saturated heterocycles. The van der Waals surface area contributed by atoms with Crippen LogP contribution in [0.15, 0.2) is 85.3 Å². The first-order valence-electron chi connectivity index (χ1n) is 10.9. The van der Waals surface area contributed by atoms with Crippen LogP contribution in [0.4, 0.5) is 0 Å². The molecule has 0 unspecified atom stereocenters. The maximum Gasteiger partial charge on any atom is 0.165 e. The number of hydrogen-bond donors (Lipinski definition) is 0. The molecular weight excluding hydrogens is 432 g/mol. The average molecular weight is 455 g/mol. The summed E-state index contributed by atoms with van der Waals surface area (Å²) in [5, 5.41) is 5.18. The maximum atomic E-state index is 6.20. The Labute approximate surface area is 197 Å². The Hall–Kier alpha value is -3.70. The van der Waals surface area contributed by atoms with Gasteiger partial charge in [-0.2, -0.15) is 5.10 Å². The zero-order valence-electron chi connectivity index (χ0n) is 18.4. The van der Waals surface area contributed by atoms with Crippen molar-refractivity contribution in [1.82, 2.24) is 19.6 Å². The van der Waals surface area contributed by atoms with Crippen LogP contribution >= 0.6 is 11.6 Å². The summed E-state index contributed by atoms with van der Waals surface area (Å²) < 4.78 is 7.77. The van der Waals surface area contributed by atoms with Crippen molar-refractivity contribution in [2.45, 2.75) is 26.4 Å². The van der Waals surface area contributed by atoms with Gasteiger partial charge in [-0.1, -0.05) is 61.8 Å². The van der Waals surface area contributed by atoms with E-state index in [0.29, 0.717) is 23.3 Å². The van der Waals surface area contributed by atoms with E-state index >= 15 is 0 Å². The Balaban J connectivity index is 1.44. The molecule has 5 nitrogen and oxygen atoms in total. The second-order valence-corrected chi connectivity index (χ2v) is 8.57. The molecule has 6 heteroatoms. The molecule has 0 atom stereocenters. The molecule has 0 bridgehead atoms. The van der Waals surface area contributed by atoms with Gasteiger partial charge < -0.3 is 4.74 Å². The summed E-state index contributed by atoms with van der Waals surface area (Å²) in [5.74, 6) is 1.33. The van der Waals surface area contributed by atoms with Crippen LogP contribution in [0.25, 0.3) is 28.0 Å². The molecule has 0 aliphatic rings. The minimum Gasteiger partial charge on any atom is -0.489 e. The van der Waals surface area contributed by atoms with E-state index in [9.17, 15) is 0 Å². The molecule has 0 N–H and O–H groups in total. The number of fused-ring (bicyclic) bond motifs is 1. The van der Waals surface area contributed by atoms with Crippen LogP contribution < -0.4 is 4.74 Å². The summed E-state index contributed by atoms with van der Waals surface area (Å²) in [4.78, 5) is 8.66. The van der Waals surface area contributed by atoms with Crippen LogP contribution in [0, 0.1) is 0 Å². The van der Waals surface area contributed by atoms with E-state index in [1.807, 2.05) is 42.6 Å². The maximum absolute atomic E-state index is 6.20. The average Bonchev–Trinajstić information content (AvgIpc) is 3.22. The monoisotopic (exact) mass is 454 g/mol. The highest BCUT2D eigenvalue weighted by molar-refractivity contribution is 6.29. The van der Waals surface area contributed by atoms with Crippen LogP contribution in [0.5, 0.6) is 5.75 Å². The standard InChI is InChI=1S/C27H23ClN4O/c1-18(2)20-5-3-19(4-6-20)17-33-23-9-7-21(8-10-23)25-26(22-11-14-29-15-12-22)31-32-16-13-24(28)30-27(25)32/h3-16,18H,17H2,1-2H3. The Kier molecular flexibility index (Phi) is 5.80. The van der Waals surface area contributed by atoms with Gasteiger partial charge in [0.1, 0.15) is 23.2 Å². The third-order valence-electron chi connectivity index (χ3n) is 5.60. The van der Waals surface area contributed by atoms with Crippen LogP contribution in [0.1, 0.15) is 30.9 Å². The van der Waals surface area contributed by atoms with Gasteiger partial charge in [0.05, 0.1) is 5.56 Å². The fraction of sp³-hybridized carbons (Fsp3) is 0.148. The minimum atomic E-state index is 0.424. The summed E-state index contributed by atoms with van der Waals surface area (Å²) >= 11 is 6.20. The van der Waals surface area contributed by atoms with Crippen molar-refractivity contribution in [1.29, 1.82) is 0 Å². The highest BCUT2D eigenvalue weighted by Crippen LogP contribution is 2.35. The molecule has 0 radical (unpaired) electrons. The van der Waals surface area contributed by atoms with Crippen LogP contribution in [-0.4, -0.2) is 19.6 Å². The molecule has 0 saturated carbocycles. The molecule has 3 heterocycles. The highest BCUT2D eigenvalue weighted by atomic mass is 35.5. The molecule has 5 aromatic rings. The zero-order valence-corrected chi connectivity index (χ0v) is 19.2. The Morgan fingerprint density at radius 3 is 2.30 bits per heavy atom. The second kappa shape index (κ2) is 9.04. The van der Waals surface area contributed by atoms with Gasteiger partial charge in [-0.25, -0.2) is 9.50 Å². The molecule has 0 aliphatic heterocycles. The number of pyridine rings is 1. The lowest BCUT2D eigenvalue weighted by atomic mass is 10.0. The lowest BCUT2D eigenvalue weighted by Gasteiger charge is -2.10. The lowest BCUT2D eigenvalue weighted by Crippen LogP contribution is -1.96. The normalized spacial score (nSPS) is 11.3. The van der Waals surface area contributed by atoms with Crippen LogP contribution in [0.2, 0.25) is 5.15 Å². The SMILES string of the molecule is CC(C)c1ccc(COc2ccc(-c3c(-c4ccncc4)nn4ccc(Cl)nc34)cc2)cc1. The van der Waals surface area contributed by atoms with E-state index in [1.165, 1.54) is 5.56 Å². The Bertz CT molecular complexity index is 1380. The van der Waals surface area contributed by atoms with E-state index in [2.05, 4.69) is 48.1 Å². The first kappa shape index (κ1) is 21.2. The molecule has 0 amide bonds. The lowest BCUT2D eigenvalue weighted by molar-refractivity contribution is 0.306. The van der Waals surface area contributed by atoms with Crippen molar-refractivity contribution in [3.63, 3.8) is 0 Å². The van der Waals surface area contributed by atoms with Crippen LogP contribution in [-0.2, 0) is 6.61 Å². The van der Waals surface area contributed by atoms with Gasteiger partial charge in [-0.05, 0) is 52.9 Å². The summed E-state index contributed by atoms with van der Waals surface area (Å²) in [6.07, 6.45) is 5.34. The number of halogens is 1. The van der Waals surface area contributed by atoms with Gasteiger partial charge in [-0.3, -0.25) is 4.98 Å². The van der Waals surface area contributed by atoms with Crippen molar-refractivity contribution in [2.24, 2.45) is 0 Å². The summed E-state index contributed by atoms with van der Waals surface area (Å²) in [6, 6.07) is 22.2. The van der Waals surface area contributed by atoms with Gasteiger partial charge in [0.2, 0.25) is 0 Å². The predicted molar refractivity (Wildman–Crippen MR) is 132 cm³/mol. The largest absolute Gasteiger partial charge is 0.489 e. The number of ether oxygens (including phenoxy) is 1. The number of rotatable bonds is 6. The van der Waals surface area contributed by atoms with E-state index in [4.69, 9.17) is 21.4 Å². The van der Waals surface area contributed by atoms with Gasteiger partial charge in [0.25, 0.3) is 0 Å². The third kappa shape index (κ3) is 4.45. The molecule has 5 rings (SSSR count). The summed E-state index contributed by atoms with van der Waals surface area (Å²) in [5.41, 5.74) is 6.87. The molecule has 0 spiro atoms. The van der Waals surface area contributed by atoms with E-state index in [-0.39, 0.29) is 0 Å². The topological polar surface area (TPSA) is 52.3 Å². The van der Waals surface area contributed by atoms with Gasteiger partial charge in [0.15, 0.2) is 5.65 Å². The van der Waals surface area contributed by atoms with Crippen molar-refractivity contribution < 1.29 is 4.74 Å². The zero-order chi connectivity index (χ0) is 22.8. The summed E-state index contributed by atoms with van der Waals surface area (Å²) in [6.45, 7) is 4.91. The number of aromatic nitrogens is 4. The smallest absolute Gasteiger partial charge is 0.165 e. The number of benzene rings is 2. The molecule has 0 fully saturated rings. The second-order valence-electron chi connectivity index (χ2n) is 8.19. The van der Waals surface area contributed by atoms with Crippen molar-refractivity contribution in [3.05, 3.63) is 102 Å². The first-order valence-corrected chi connectivity index (χ1v) is 11.2. The van der Waals surface area contributed by atoms with E-state index < -0.39 is 0 Å². The Morgan fingerprint density at radius 1 is 0.879 bits per heavy atom. The quantitative estimate of drug-likeness (QED) is 0.264. The van der Waals surface area contributed by atoms with Crippen molar-refractivity contribution in [3.8, 4) is 28.1 Å². The van der Waals surface area contributed by atoms with Gasteiger partial charge in [0, 0.05) is 24.2 Å². The van der Waals surface area contributed by atoms with Crippen molar-refractivity contribution in [2.75, 3.05) is 0 Å². The molecule has 164 valence electrons. The molecule has 33 heavy (non-hydrogen) atoms. The summed E-state index contributed by atoms with van der Waals surface area (Å²) in [7, 11) is 0. The van der Waals surface area contributed by atoms with Gasteiger partial charge in [-0.15, -0.1) is 0 Å². The van der Waals surface area contributed by atoms with E-state index in [1.54, 1.807) is 23.0 Å². The third-order valence-corrected chi connectivity index (χ3v) is 5.81. The number of nitrogens with zero attached hydrogens (tertiary/aromatic N) is 4. The fourth-order valence-corrected chi connectivity index (χ4v) is 3.90. The van der Waals surface area contributed by atoms with E-state index in [0.717, 1.165) is 33.7 Å². The number of hydrogen-bond acceptors (Lipinski definition) is 4. The predicted octanol–water partition coefficient (Wildman–Crippen LogP) is 6.81. The molecule has 3 aromatic heterocycles. The van der Waals surface area contributed by atoms with Gasteiger partial charge >= 0.3 is 0 Å². The Morgan fingerprint density at radius 2 is 1.61 bits per heavy atom. The fourth-order valence-electron chi connectivity index (χ4n) is 3.77. The first-order chi connectivity index (χ1) is 16.1. The highest BCUT2D eigenvalue weighted by Gasteiger charge is 2.18. The minimum absolute atomic E-state index is 0.424. The molecule has 2 aromatic carbocycles. The van der Waals surface area contributed by atoms with Crippen LogP contribution in [0.3, 0.4) is 0 Å². The molecular formula is C27H23ClN4O. The molecule has 0 aliphatic carbocycles.